The van der Waals surface area contributed by atoms with Crippen LogP contribution in [0.5, 0.6) is 0 Å². The van der Waals surface area contributed by atoms with Crippen molar-refractivity contribution >= 4 is 5.78 Å². The summed E-state index contributed by atoms with van der Waals surface area (Å²) in [6.45, 7) is -1.57. The van der Waals surface area contributed by atoms with Crippen molar-refractivity contribution in [2.24, 2.45) is 0 Å². The molecule has 5 nitrogen and oxygen atoms in total. The molecule has 0 fully saturated rings. The molecule has 2 rings (SSSR count). The van der Waals surface area contributed by atoms with Gasteiger partial charge in [-0.15, -0.1) is 5.10 Å². The highest BCUT2D eigenvalue weighted by molar-refractivity contribution is 6.06. The Kier molecular flexibility index (Phi) is 3.64. The molecular weight excluding hydrogens is 275 g/mol. The van der Waals surface area contributed by atoms with Crippen LogP contribution in [0.1, 0.15) is 16.2 Å². The molecule has 1 aromatic carbocycles. The van der Waals surface area contributed by atoms with E-state index in [0.29, 0.717) is 6.20 Å². The van der Waals surface area contributed by atoms with Gasteiger partial charge in [-0.1, -0.05) is 30.3 Å². The van der Waals surface area contributed by atoms with Gasteiger partial charge in [0.15, 0.2) is 0 Å². The molecule has 0 unspecified atom stereocenters. The predicted octanol–water partition coefficient (Wildman–Crippen LogP) is 1.43. The van der Waals surface area contributed by atoms with E-state index in [1.165, 1.54) is 12.1 Å². The van der Waals surface area contributed by atoms with Crippen LogP contribution in [0.25, 0.3) is 0 Å². The smallest absolute Gasteiger partial charge is 0.285 e. The molecule has 0 aliphatic heterocycles. The van der Waals surface area contributed by atoms with E-state index in [0.717, 1.165) is 0 Å². The monoisotopic (exact) mass is 283 g/mol. The van der Waals surface area contributed by atoms with Crippen LogP contribution in [-0.2, 0) is 6.54 Å². The Morgan fingerprint density at radius 1 is 1.20 bits per heavy atom. The molecule has 0 bridgehead atoms. The second-order valence-corrected chi connectivity index (χ2v) is 3.89. The molecule has 0 atom stereocenters. The molecule has 2 aromatic rings. The summed E-state index contributed by atoms with van der Waals surface area (Å²) in [6, 6.07) is 7.83. The second-order valence-electron chi connectivity index (χ2n) is 3.89. The number of benzene rings is 1. The van der Waals surface area contributed by atoms with Crippen molar-refractivity contribution in [2.45, 2.75) is 12.7 Å². The van der Waals surface area contributed by atoms with Gasteiger partial charge in [0.25, 0.3) is 5.56 Å². The van der Waals surface area contributed by atoms with E-state index in [1.54, 1.807) is 18.2 Å². The average Bonchev–Trinajstić information content (AvgIpc) is 2.40. The zero-order valence-corrected chi connectivity index (χ0v) is 9.96. The Balaban J connectivity index is 2.37. The quantitative estimate of drug-likeness (QED) is 0.799. The first-order chi connectivity index (χ1) is 9.37. The molecule has 0 aliphatic rings. The molecule has 1 aromatic heterocycles. The van der Waals surface area contributed by atoms with E-state index < -0.39 is 29.9 Å². The number of hydrogen-bond acceptors (Lipinski definition) is 4. The second kappa shape index (κ2) is 5.24. The first-order valence-electron chi connectivity index (χ1n) is 5.47. The van der Waals surface area contributed by atoms with Crippen LogP contribution in [-0.4, -0.2) is 26.7 Å². The summed E-state index contributed by atoms with van der Waals surface area (Å²) in [6.07, 6.45) is -3.96. The minimum absolute atomic E-state index is 0.170. The van der Waals surface area contributed by atoms with Gasteiger partial charge >= 0.3 is 6.18 Å². The normalized spacial score (nSPS) is 11.3. The molecule has 8 heteroatoms. The summed E-state index contributed by atoms with van der Waals surface area (Å²) >= 11 is 0. The molecule has 104 valence electrons. The fourth-order valence-corrected chi connectivity index (χ4v) is 1.48. The molecule has 0 amide bonds. The highest BCUT2D eigenvalue weighted by Crippen LogP contribution is 2.15. The number of ketones is 1. The Morgan fingerprint density at radius 2 is 1.85 bits per heavy atom. The number of alkyl halides is 3. The third kappa shape index (κ3) is 3.28. The van der Waals surface area contributed by atoms with Gasteiger partial charge in [-0.25, -0.2) is 9.67 Å². The van der Waals surface area contributed by atoms with Crippen LogP contribution in [0.4, 0.5) is 13.2 Å². The number of nitrogens with zero attached hydrogens (tertiary/aromatic N) is 3. The largest absolute Gasteiger partial charge is 0.408 e. The maximum absolute atomic E-state index is 12.3. The number of carbonyl (C=O) groups is 1. The molecular formula is C12H8F3N3O2. The zero-order valence-electron chi connectivity index (χ0n) is 9.96. The van der Waals surface area contributed by atoms with Crippen LogP contribution >= 0.6 is 0 Å². The van der Waals surface area contributed by atoms with Crippen LogP contribution in [0.3, 0.4) is 0 Å². The van der Waals surface area contributed by atoms with Gasteiger partial charge < -0.3 is 0 Å². The highest BCUT2D eigenvalue weighted by Gasteiger charge is 2.29. The Bertz CT molecular complexity index is 680. The summed E-state index contributed by atoms with van der Waals surface area (Å²) < 4.78 is 37.0. The highest BCUT2D eigenvalue weighted by atomic mass is 19.4. The first-order valence-corrected chi connectivity index (χ1v) is 5.47. The van der Waals surface area contributed by atoms with Gasteiger partial charge in [0.2, 0.25) is 11.6 Å². The van der Waals surface area contributed by atoms with Gasteiger partial charge in [-0.3, -0.25) is 9.59 Å². The number of halogens is 3. The number of hydrogen-bond donors (Lipinski definition) is 0. The van der Waals surface area contributed by atoms with Crippen LogP contribution in [0.15, 0.2) is 41.3 Å². The summed E-state index contributed by atoms with van der Waals surface area (Å²) in [7, 11) is 0. The van der Waals surface area contributed by atoms with Crippen molar-refractivity contribution < 1.29 is 18.0 Å². The molecule has 0 aliphatic carbocycles. The van der Waals surface area contributed by atoms with Crippen molar-refractivity contribution in [3.8, 4) is 0 Å². The lowest BCUT2D eigenvalue weighted by Crippen LogP contribution is -2.32. The van der Waals surface area contributed by atoms with E-state index in [2.05, 4.69) is 10.1 Å². The Labute approximate surface area is 110 Å². The Hall–Kier alpha value is -2.51. The summed E-state index contributed by atoms with van der Waals surface area (Å²) in [4.78, 5) is 26.7. The van der Waals surface area contributed by atoms with Gasteiger partial charge in [0, 0.05) is 5.56 Å². The minimum atomic E-state index is -4.61. The Morgan fingerprint density at radius 3 is 2.45 bits per heavy atom. The van der Waals surface area contributed by atoms with Gasteiger partial charge in [0.1, 0.15) is 6.54 Å². The van der Waals surface area contributed by atoms with Gasteiger partial charge in [0.05, 0.1) is 6.20 Å². The lowest BCUT2D eigenvalue weighted by molar-refractivity contribution is -0.143. The fourth-order valence-electron chi connectivity index (χ4n) is 1.48. The molecule has 0 radical (unpaired) electrons. The summed E-state index contributed by atoms with van der Waals surface area (Å²) in [5.74, 6) is -1.11. The summed E-state index contributed by atoms with van der Waals surface area (Å²) in [5, 5.41) is 3.36. The van der Waals surface area contributed by atoms with Crippen molar-refractivity contribution in [2.75, 3.05) is 0 Å². The summed E-state index contributed by atoms with van der Waals surface area (Å²) in [5.41, 5.74) is -0.795. The topological polar surface area (TPSA) is 64.8 Å². The average molecular weight is 283 g/mol. The van der Waals surface area contributed by atoms with Crippen molar-refractivity contribution in [3.05, 3.63) is 58.3 Å². The van der Waals surface area contributed by atoms with E-state index in [4.69, 9.17) is 0 Å². The third-order valence-corrected chi connectivity index (χ3v) is 2.34. The lowest BCUT2D eigenvalue weighted by atomic mass is 10.1. The number of aromatic nitrogens is 3. The standard InChI is InChI=1S/C12H8F3N3O2/c13-12(14,15)7-18-9(19)6-16-11(17-18)10(20)8-4-2-1-3-5-8/h1-6H,7H2. The molecule has 20 heavy (non-hydrogen) atoms. The zero-order chi connectivity index (χ0) is 14.8. The molecule has 0 N–H and O–H groups in total. The van der Waals surface area contributed by atoms with Crippen LogP contribution < -0.4 is 5.56 Å². The van der Waals surface area contributed by atoms with E-state index in [-0.39, 0.29) is 10.2 Å². The van der Waals surface area contributed by atoms with Crippen molar-refractivity contribution in [3.63, 3.8) is 0 Å². The van der Waals surface area contributed by atoms with Gasteiger partial charge in [-0.05, 0) is 0 Å². The maximum Gasteiger partial charge on any atom is 0.408 e. The van der Waals surface area contributed by atoms with E-state index in [1.807, 2.05) is 0 Å². The molecule has 0 saturated carbocycles. The van der Waals surface area contributed by atoms with Crippen LogP contribution in [0, 0.1) is 0 Å². The molecule has 0 spiro atoms. The predicted molar refractivity (Wildman–Crippen MR) is 62.2 cm³/mol. The fraction of sp³-hybridized carbons (Fsp3) is 0.167. The van der Waals surface area contributed by atoms with E-state index in [9.17, 15) is 22.8 Å². The number of rotatable bonds is 3. The minimum Gasteiger partial charge on any atom is -0.285 e. The van der Waals surface area contributed by atoms with Crippen molar-refractivity contribution in [1.29, 1.82) is 0 Å². The molecule has 1 heterocycles. The van der Waals surface area contributed by atoms with Gasteiger partial charge in [-0.2, -0.15) is 13.2 Å². The lowest BCUT2D eigenvalue weighted by Gasteiger charge is -2.08. The number of carbonyl (C=O) groups excluding carboxylic acids is 1. The first kappa shape index (κ1) is 13.9. The van der Waals surface area contributed by atoms with E-state index >= 15 is 0 Å². The third-order valence-electron chi connectivity index (χ3n) is 2.34. The molecule has 0 saturated heterocycles. The maximum atomic E-state index is 12.3. The SMILES string of the molecule is O=C(c1ccccc1)c1ncc(=O)n(CC(F)(F)F)n1. The van der Waals surface area contributed by atoms with Crippen LogP contribution in [0.2, 0.25) is 0 Å². The van der Waals surface area contributed by atoms with Crippen molar-refractivity contribution in [1.82, 2.24) is 14.8 Å².